The standard InChI is InChI=1S/C8H12BIO5/c1-12-2-7-3(11)4-8(7,15-10)5(13-4)6(9)14-7/h3-6,11H,2,9H2,1H3. The number of hydrogen-bond acceptors (Lipinski definition) is 5. The molecule has 6 unspecified atom stereocenters. The lowest BCUT2D eigenvalue weighted by Crippen LogP contribution is -2.91. The average molecular weight is 326 g/mol. The molecule has 1 N–H and O–H groups in total. The van der Waals surface area contributed by atoms with Gasteiger partial charge in [-0.2, -0.15) is 0 Å². The molecule has 6 atom stereocenters. The summed E-state index contributed by atoms with van der Waals surface area (Å²) in [4.78, 5) is 0. The van der Waals surface area contributed by atoms with Gasteiger partial charge in [0.2, 0.25) is 0 Å². The van der Waals surface area contributed by atoms with Gasteiger partial charge in [0, 0.05) is 7.11 Å². The van der Waals surface area contributed by atoms with Crippen LogP contribution in [0.15, 0.2) is 0 Å². The van der Waals surface area contributed by atoms with Crippen LogP contribution < -0.4 is 0 Å². The molecule has 2 saturated heterocycles. The number of ether oxygens (including phenoxy) is 3. The second-order valence-corrected chi connectivity index (χ2v) is 4.88. The molecule has 0 amide bonds. The highest BCUT2D eigenvalue weighted by Gasteiger charge is 2.89. The van der Waals surface area contributed by atoms with Crippen molar-refractivity contribution in [1.82, 2.24) is 0 Å². The molecule has 2 heterocycles. The van der Waals surface area contributed by atoms with E-state index in [1.165, 1.54) is 0 Å². The molecule has 0 aromatic carbocycles. The molecule has 3 aliphatic rings. The first-order chi connectivity index (χ1) is 7.14. The number of aliphatic hydroxyl groups is 1. The SMILES string of the molecule is BC1OC2(COC)C(O)C3OC1C32OI. The number of halogens is 1. The Balaban J connectivity index is 1.99. The van der Waals surface area contributed by atoms with Crippen LogP contribution in [0.2, 0.25) is 0 Å². The van der Waals surface area contributed by atoms with Crippen LogP contribution in [0.25, 0.3) is 0 Å². The maximum absolute atomic E-state index is 10.0. The van der Waals surface area contributed by atoms with Crippen molar-refractivity contribution >= 4 is 30.9 Å². The van der Waals surface area contributed by atoms with E-state index in [-0.39, 0.29) is 18.2 Å². The first-order valence-electron chi connectivity index (χ1n) is 4.94. The van der Waals surface area contributed by atoms with Crippen molar-refractivity contribution in [1.29, 1.82) is 0 Å². The van der Waals surface area contributed by atoms with Crippen molar-refractivity contribution in [3.05, 3.63) is 0 Å². The van der Waals surface area contributed by atoms with Gasteiger partial charge >= 0.3 is 0 Å². The molecule has 3 rings (SSSR count). The van der Waals surface area contributed by atoms with E-state index in [0.29, 0.717) is 6.61 Å². The Hall–Kier alpha value is 0.595. The average Bonchev–Trinajstić information content (AvgIpc) is 2.25. The molecule has 84 valence electrons. The van der Waals surface area contributed by atoms with E-state index in [1.807, 2.05) is 30.9 Å². The van der Waals surface area contributed by atoms with E-state index >= 15 is 0 Å². The third kappa shape index (κ3) is 0.870. The molecule has 15 heavy (non-hydrogen) atoms. The second-order valence-electron chi connectivity index (χ2n) is 4.44. The van der Waals surface area contributed by atoms with E-state index in [2.05, 4.69) is 0 Å². The number of hydrogen-bond donors (Lipinski definition) is 1. The summed E-state index contributed by atoms with van der Waals surface area (Å²) in [5.74, 6) is 0. The fourth-order valence-electron chi connectivity index (χ4n) is 3.23. The Kier molecular flexibility index (Phi) is 2.20. The molecule has 0 bridgehead atoms. The predicted octanol–water partition coefficient (Wildman–Crippen LogP) is -1.39. The second kappa shape index (κ2) is 3.08. The highest BCUT2D eigenvalue weighted by atomic mass is 127. The molecule has 2 aliphatic heterocycles. The van der Waals surface area contributed by atoms with Crippen molar-refractivity contribution in [2.75, 3.05) is 13.7 Å². The van der Waals surface area contributed by atoms with Gasteiger partial charge < -0.3 is 22.4 Å². The smallest absolute Gasteiger partial charge is 0.171 e. The third-order valence-electron chi connectivity index (χ3n) is 3.87. The first-order valence-corrected chi connectivity index (χ1v) is 5.82. The molecular formula is C8H12BIO5. The first kappa shape index (κ1) is 10.7. The molecule has 1 saturated carbocycles. The van der Waals surface area contributed by atoms with Crippen LogP contribution >= 0.6 is 23.0 Å². The minimum absolute atomic E-state index is 0.0664. The summed E-state index contributed by atoms with van der Waals surface area (Å²) in [6.07, 6.45) is -1.01. The summed E-state index contributed by atoms with van der Waals surface area (Å²) in [6.45, 7) is 0.331. The van der Waals surface area contributed by atoms with E-state index in [1.54, 1.807) is 7.11 Å². The molecule has 0 radical (unpaired) electrons. The van der Waals surface area contributed by atoms with Crippen molar-refractivity contribution in [3.63, 3.8) is 0 Å². The Morgan fingerprint density at radius 3 is 2.87 bits per heavy atom. The highest BCUT2D eigenvalue weighted by Crippen LogP contribution is 2.65. The van der Waals surface area contributed by atoms with Crippen LogP contribution in [0.3, 0.4) is 0 Å². The van der Waals surface area contributed by atoms with Gasteiger partial charge in [0.15, 0.2) is 11.2 Å². The monoisotopic (exact) mass is 326 g/mol. The van der Waals surface area contributed by atoms with Crippen molar-refractivity contribution in [2.45, 2.75) is 35.5 Å². The summed E-state index contributed by atoms with van der Waals surface area (Å²) in [7, 11) is 3.53. The molecule has 3 fully saturated rings. The molecule has 5 nitrogen and oxygen atoms in total. The molecule has 1 aliphatic carbocycles. The van der Waals surface area contributed by atoms with Gasteiger partial charge in [0.05, 0.1) is 12.6 Å². The zero-order chi connectivity index (χ0) is 10.8. The number of methoxy groups -OCH3 is 1. The molecule has 7 heteroatoms. The fourth-order valence-corrected chi connectivity index (χ4v) is 4.11. The van der Waals surface area contributed by atoms with Crippen LogP contribution in [-0.4, -0.2) is 62.2 Å². The number of aliphatic hydroxyl groups excluding tert-OH is 1. The fraction of sp³-hybridized carbons (Fsp3) is 1.00. The van der Waals surface area contributed by atoms with Crippen LogP contribution in [0.5, 0.6) is 0 Å². The summed E-state index contributed by atoms with van der Waals surface area (Å²) in [5, 5.41) is 10.0. The summed E-state index contributed by atoms with van der Waals surface area (Å²) in [5.41, 5.74) is -1.25. The molecule has 0 aromatic rings. The maximum atomic E-state index is 10.0. The normalized spacial score (nSPS) is 60.7. The Morgan fingerprint density at radius 1 is 1.53 bits per heavy atom. The zero-order valence-electron chi connectivity index (χ0n) is 8.47. The van der Waals surface area contributed by atoms with Gasteiger partial charge in [-0.25, -0.2) is 0 Å². The van der Waals surface area contributed by atoms with Crippen molar-refractivity contribution in [3.8, 4) is 0 Å². The van der Waals surface area contributed by atoms with Crippen LogP contribution in [0.4, 0.5) is 0 Å². The predicted molar refractivity (Wildman–Crippen MR) is 60.5 cm³/mol. The van der Waals surface area contributed by atoms with Crippen LogP contribution in [0.1, 0.15) is 0 Å². The minimum atomic E-state index is -0.740. The number of rotatable bonds is 3. The van der Waals surface area contributed by atoms with Gasteiger partial charge in [0.25, 0.3) is 0 Å². The van der Waals surface area contributed by atoms with E-state index < -0.39 is 17.3 Å². The van der Waals surface area contributed by atoms with Crippen molar-refractivity contribution < 1.29 is 22.4 Å². The van der Waals surface area contributed by atoms with Gasteiger partial charge in [-0.3, -0.25) is 0 Å². The van der Waals surface area contributed by atoms with E-state index in [9.17, 15) is 5.11 Å². The Morgan fingerprint density at radius 2 is 2.27 bits per heavy atom. The van der Waals surface area contributed by atoms with Crippen LogP contribution in [-0.2, 0) is 17.3 Å². The topological polar surface area (TPSA) is 57.2 Å². The maximum Gasteiger partial charge on any atom is 0.171 e. The largest absolute Gasteiger partial charge is 0.387 e. The minimum Gasteiger partial charge on any atom is -0.387 e. The van der Waals surface area contributed by atoms with Gasteiger partial charge in [-0.1, -0.05) is 0 Å². The Bertz CT molecular complexity index is 305. The Labute approximate surface area is 102 Å². The summed E-state index contributed by atoms with van der Waals surface area (Å²) in [6, 6.07) is -0.0664. The molecule has 0 spiro atoms. The lowest BCUT2D eigenvalue weighted by atomic mass is 9.55. The van der Waals surface area contributed by atoms with Crippen molar-refractivity contribution in [2.24, 2.45) is 0 Å². The van der Waals surface area contributed by atoms with Crippen LogP contribution in [0, 0.1) is 0 Å². The van der Waals surface area contributed by atoms with Gasteiger partial charge in [-0.05, 0) is 0 Å². The van der Waals surface area contributed by atoms with Gasteiger partial charge in [-0.15, -0.1) is 0 Å². The zero-order valence-corrected chi connectivity index (χ0v) is 10.6. The lowest BCUT2D eigenvalue weighted by Gasteiger charge is -2.67. The van der Waals surface area contributed by atoms with Gasteiger partial charge in [0.1, 0.15) is 49.2 Å². The molecule has 0 aromatic heterocycles. The molecular weight excluding hydrogens is 314 g/mol. The van der Waals surface area contributed by atoms with E-state index in [0.717, 1.165) is 0 Å². The highest BCUT2D eigenvalue weighted by molar-refractivity contribution is 14.1. The quantitative estimate of drug-likeness (QED) is 0.511. The third-order valence-corrected chi connectivity index (χ3v) is 4.60. The van der Waals surface area contributed by atoms with E-state index in [4.69, 9.17) is 17.3 Å². The summed E-state index contributed by atoms with van der Waals surface area (Å²) < 4.78 is 22.1. The summed E-state index contributed by atoms with van der Waals surface area (Å²) >= 11 is 1.86. The lowest BCUT2D eigenvalue weighted by molar-refractivity contribution is -0.399.